The SMILES string of the molecule is Cn1c(CO)cnc1SCc1csc(-c2ccoc2)n1. The van der Waals surface area contributed by atoms with Crippen molar-refractivity contribution in [3.05, 3.63) is 41.6 Å². The first kappa shape index (κ1) is 13.4. The fourth-order valence-corrected chi connectivity index (χ4v) is 3.51. The molecule has 5 nitrogen and oxygen atoms in total. The van der Waals surface area contributed by atoms with E-state index in [0.29, 0.717) is 0 Å². The lowest BCUT2D eigenvalue weighted by Crippen LogP contribution is -1.97. The van der Waals surface area contributed by atoms with E-state index in [9.17, 15) is 0 Å². The Morgan fingerprint density at radius 1 is 1.50 bits per heavy atom. The molecule has 20 heavy (non-hydrogen) atoms. The van der Waals surface area contributed by atoms with Crippen LogP contribution in [0, 0.1) is 0 Å². The number of rotatable bonds is 5. The minimum Gasteiger partial charge on any atom is -0.472 e. The molecular weight excluding hydrogens is 294 g/mol. The van der Waals surface area contributed by atoms with Gasteiger partial charge in [-0.05, 0) is 6.07 Å². The molecule has 0 radical (unpaired) electrons. The van der Waals surface area contributed by atoms with E-state index in [1.54, 1.807) is 41.8 Å². The minimum absolute atomic E-state index is 0.00536. The second kappa shape index (κ2) is 5.82. The highest BCUT2D eigenvalue weighted by Crippen LogP contribution is 2.27. The Morgan fingerprint density at radius 2 is 2.40 bits per heavy atom. The van der Waals surface area contributed by atoms with E-state index in [-0.39, 0.29) is 6.61 Å². The molecule has 3 rings (SSSR count). The van der Waals surface area contributed by atoms with Crippen LogP contribution in [0.3, 0.4) is 0 Å². The molecule has 0 amide bonds. The summed E-state index contributed by atoms with van der Waals surface area (Å²) in [6.07, 6.45) is 5.04. The van der Waals surface area contributed by atoms with Crippen LogP contribution in [0.1, 0.15) is 11.4 Å². The fourth-order valence-electron chi connectivity index (χ4n) is 1.74. The monoisotopic (exact) mass is 307 g/mol. The first-order valence-electron chi connectivity index (χ1n) is 5.99. The molecule has 1 N–H and O–H groups in total. The molecule has 0 spiro atoms. The topological polar surface area (TPSA) is 64.1 Å². The zero-order valence-corrected chi connectivity index (χ0v) is 12.4. The second-order valence-corrected chi connectivity index (χ2v) is 5.99. The van der Waals surface area contributed by atoms with Crippen molar-refractivity contribution in [1.29, 1.82) is 0 Å². The summed E-state index contributed by atoms with van der Waals surface area (Å²) in [5.74, 6) is 0.754. The largest absolute Gasteiger partial charge is 0.472 e. The van der Waals surface area contributed by atoms with Gasteiger partial charge in [-0.3, -0.25) is 0 Å². The quantitative estimate of drug-likeness (QED) is 0.734. The molecule has 0 fully saturated rings. The van der Waals surface area contributed by atoms with Gasteiger partial charge in [-0.15, -0.1) is 11.3 Å². The molecular formula is C13H13N3O2S2. The Morgan fingerprint density at radius 3 is 3.10 bits per heavy atom. The molecule has 3 aromatic rings. The number of thiazole rings is 1. The average molecular weight is 307 g/mol. The number of hydrogen-bond acceptors (Lipinski definition) is 6. The summed E-state index contributed by atoms with van der Waals surface area (Å²) in [4.78, 5) is 8.86. The highest BCUT2D eigenvalue weighted by Gasteiger charge is 2.09. The Bertz CT molecular complexity index is 688. The number of imidazole rings is 1. The molecule has 7 heteroatoms. The number of hydrogen-bond donors (Lipinski definition) is 1. The van der Waals surface area contributed by atoms with Crippen LogP contribution in [0.5, 0.6) is 0 Å². The Labute approximate surface area is 124 Å². The van der Waals surface area contributed by atoms with E-state index >= 15 is 0 Å². The van der Waals surface area contributed by atoms with Crippen LogP contribution < -0.4 is 0 Å². The maximum atomic E-state index is 9.14. The Hall–Kier alpha value is -1.57. The first-order valence-corrected chi connectivity index (χ1v) is 7.85. The third-order valence-corrected chi connectivity index (χ3v) is 4.89. The van der Waals surface area contributed by atoms with Crippen LogP contribution in [0.2, 0.25) is 0 Å². The van der Waals surface area contributed by atoms with Gasteiger partial charge in [0.05, 0.1) is 30.5 Å². The molecule has 0 saturated carbocycles. The molecule has 0 atom stereocenters. The van der Waals surface area contributed by atoms with Gasteiger partial charge in [0, 0.05) is 23.7 Å². The zero-order chi connectivity index (χ0) is 13.9. The van der Waals surface area contributed by atoms with Crippen molar-refractivity contribution in [1.82, 2.24) is 14.5 Å². The maximum Gasteiger partial charge on any atom is 0.168 e. The summed E-state index contributed by atoms with van der Waals surface area (Å²) in [5, 5.41) is 13.0. The van der Waals surface area contributed by atoms with Crippen LogP contribution in [-0.2, 0) is 19.4 Å². The Kier molecular flexibility index (Phi) is 3.90. The van der Waals surface area contributed by atoms with Gasteiger partial charge in [0.25, 0.3) is 0 Å². The van der Waals surface area contributed by atoms with Gasteiger partial charge in [-0.2, -0.15) is 0 Å². The van der Waals surface area contributed by atoms with E-state index < -0.39 is 0 Å². The minimum atomic E-state index is 0.00536. The van der Waals surface area contributed by atoms with Crippen molar-refractivity contribution in [3.63, 3.8) is 0 Å². The molecule has 3 aromatic heterocycles. The maximum absolute atomic E-state index is 9.14. The van der Waals surface area contributed by atoms with Gasteiger partial charge in [-0.1, -0.05) is 11.8 Å². The second-order valence-electron chi connectivity index (χ2n) is 4.19. The van der Waals surface area contributed by atoms with Crippen molar-refractivity contribution in [2.45, 2.75) is 17.5 Å². The van der Waals surface area contributed by atoms with Gasteiger partial charge >= 0.3 is 0 Å². The number of thioether (sulfide) groups is 1. The molecule has 0 aliphatic rings. The highest BCUT2D eigenvalue weighted by atomic mass is 32.2. The third kappa shape index (κ3) is 2.65. The molecule has 0 aromatic carbocycles. The van der Waals surface area contributed by atoms with Gasteiger partial charge in [0.15, 0.2) is 5.16 Å². The lowest BCUT2D eigenvalue weighted by molar-refractivity contribution is 0.271. The molecule has 3 heterocycles. The van der Waals surface area contributed by atoms with Gasteiger partial charge in [-0.25, -0.2) is 9.97 Å². The average Bonchev–Trinajstić information content (AvgIpc) is 3.17. The number of nitrogens with zero attached hydrogens (tertiary/aromatic N) is 3. The zero-order valence-electron chi connectivity index (χ0n) is 10.8. The number of aliphatic hydroxyl groups is 1. The summed E-state index contributed by atoms with van der Waals surface area (Å²) < 4.78 is 6.96. The van der Waals surface area contributed by atoms with E-state index in [2.05, 4.69) is 9.97 Å². The van der Waals surface area contributed by atoms with Crippen molar-refractivity contribution < 1.29 is 9.52 Å². The van der Waals surface area contributed by atoms with Crippen LogP contribution >= 0.6 is 23.1 Å². The lowest BCUT2D eigenvalue weighted by atomic mass is 10.4. The number of aromatic nitrogens is 3. The van der Waals surface area contributed by atoms with Gasteiger partial charge < -0.3 is 14.1 Å². The molecule has 104 valence electrons. The smallest absolute Gasteiger partial charge is 0.168 e. The number of aliphatic hydroxyl groups excluding tert-OH is 1. The molecule has 0 bridgehead atoms. The van der Waals surface area contributed by atoms with Crippen LogP contribution in [0.15, 0.2) is 39.7 Å². The summed E-state index contributed by atoms with van der Waals surface area (Å²) in [7, 11) is 1.90. The predicted molar refractivity (Wildman–Crippen MR) is 78.5 cm³/mol. The molecule has 0 unspecified atom stereocenters. The summed E-state index contributed by atoms with van der Waals surface area (Å²) in [6, 6.07) is 1.90. The lowest BCUT2D eigenvalue weighted by Gasteiger charge is -2.02. The molecule has 0 aliphatic heterocycles. The van der Waals surface area contributed by atoms with Crippen molar-refractivity contribution in [3.8, 4) is 10.6 Å². The van der Waals surface area contributed by atoms with Gasteiger partial charge in [0.2, 0.25) is 0 Å². The third-order valence-electron chi connectivity index (χ3n) is 2.87. The van der Waals surface area contributed by atoms with E-state index in [4.69, 9.17) is 9.52 Å². The normalized spacial score (nSPS) is 11.1. The van der Waals surface area contributed by atoms with Crippen molar-refractivity contribution >= 4 is 23.1 Å². The van der Waals surface area contributed by atoms with Crippen LogP contribution in [0.4, 0.5) is 0 Å². The fraction of sp³-hybridized carbons (Fsp3) is 0.231. The van der Waals surface area contributed by atoms with Crippen LogP contribution in [-0.4, -0.2) is 19.6 Å². The van der Waals surface area contributed by atoms with E-state index in [0.717, 1.165) is 32.9 Å². The van der Waals surface area contributed by atoms with Crippen molar-refractivity contribution in [2.24, 2.45) is 7.05 Å². The summed E-state index contributed by atoms with van der Waals surface area (Å²) in [6.45, 7) is 0.00536. The number of furan rings is 1. The summed E-state index contributed by atoms with van der Waals surface area (Å²) in [5.41, 5.74) is 2.83. The van der Waals surface area contributed by atoms with Gasteiger partial charge in [0.1, 0.15) is 11.3 Å². The van der Waals surface area contributed by atoms with Crippen molar-refractivity contribution in [2.75, 3.05) is 0 Å². The molecule has 0 aliphatic carbocycles. The standard InChI is InChI=1S/C13H13N3O2S2/c1-16-11(5-17)4-14-13(16)20-8-10-7-19-12(15-10)9-2-3-18-6-9/h2-4,6-7,17H,5,8H2,1H3. The van der Waals surface area contributed by atoms with E-state index in [1.165, 1.54) is 0 Å². The Balaban J connectivity index is 1.68. The highest BCUT2D eigenvalue weighted by molar-refractivity contribution is 7.98. The van der Waals surface area contributed by atoms with E-state index in [1.807, 2.05) is 23.1 Å². The van der Waals surface area contributed by atoms with Crippen LogP contribution in [0.25, 0.3) is 10.6 Å². The first-order chi connectivity index (χ1) is 9.78. The summed E-state index contributed by atoms with van der Waals surface area (Å²) >= 11 is 3.21. The predicted octanol–water partition coefficient (Wildman–Crippen LogP) is 2.92. The molecule has 0 saturated heterocycles.